The molecule has 3 rings (SSSR count). The second kappa shape index (κ2) is 7.24. The number of hydrogen-bond donors (Lipinski definition) is 2. The Morgan fingerprint density at radius 2 is 1.96 bits per heavy atom. The predicted octanol–water partition coefficient (Wildman–Crippen LogP) is 2.53. The fourth-order valence-electron chi connectivity index (χ4n) is 3.84. The summed E-state index contributed by atoms with van der Waals surface area (Å²) in [6.45, 7) is 8.10. The van der Waals surface area contributed by atoms with Crippen molar-refractivity contribution in [3.8, 4) is 0 Å². The van der Waals surface area contributed by atoms with Gasteiger partial charge < -0.3 is 10.6 Å². The van der Waals surface area contributed by atoms with E-state index in [9.17, 15) is 4.79 Å². The zero-order valence-electron chi connectivity index (χ0n) is 15.3. The molecule has 132 valence electrons. The molecule has 1 aromatic rings. The average molecular weight is 329 g/mol. The maximum absolute atomic E-state index is 12.6. The van der Waals surface area contributed by atoms with Crippen LogP contribution < -0.4 is 10.6 Å². The summed E-state index contributed by atoms with van der Waals surface area (Å²) in [4.78, 5) is 14.9. The molecule has 1 aliphatic heterocycles. The quantitative estimate of drug-likeness (QED) is 0.843. The summed E-state index contributed by atoms with van der Waals surface area (Å²) in [6.07, 6.45) is 3.39. The molecule has 0 aromatic heterocycles. The molecule has 0 radical (unpaired) electrons. The minimum Gasteiger partial charge on any atom is -0.352 e. The second-order valence-electron chi connectivity index (χ2n) is 7.86. The van der Waals surface area contributed by atoms with E-state index >= 15 is 0 Å². The van der Waals surface area contributed by atoms with Crippen LogP contribution in [0.2, 0.25) is 0 Å². The lowest BCUT2D eigenvalue weighted by atomic mass is 9.92. The summed E-state index contributed by atoms with van der Waals surface area (Å²) in [5.74, 6) is 0.494. The topological polar surface area (TPSA) is 44.4 Å². The molecule has 2 fully saturated rings. The molecular weight excluding hydrogens is 298 g/mol. The first-order chi connectivity index (χ1) is 11.5. The van der Waals surface area contributed by atoms with Gasteiger partial charge in [0.15, 0.2) is 0 Å². The summed E-state index contributed by atoms with van der Waals surface area (Å²) in [5, 5.41) is 6.59. The number of amides is 1. The normalized spacial score (nSPS) is 22.1. The summed E-state index contributed by atoms with van der Waals surface area (Å²) in [5.41, 5.74) is 2.85. The van der Waals surface area contributed by atoms with E-state index in [0.29, 0.717) is 18.0 Å². The average Bonchev–Trinajstić information content (AvgIpc) is 3.27. The van der Waals surface area contributed by atoms with Gasteiger partial charge in [-0.1, -0.05) is 24.3 Å². The van der Waals surface area contributed by atoms with E-state index in [1.807, 2.05) is 0 Å². The highest BCUT2D eigenvalue weighted by atomic mass is 16.2. The Balaban J connectivity index is 1.56. The second-order valence-corrected chi connectivity index (χ2v) is 7.86. The molecular formula is C20H31N3O. The van der Waals surface area contributed by atoms with Crippen molar-refractivity contribution in [2.24, 2.45) is 11.3 Å². The van der Waals surface area contributed by atoms with Crippen LogP contribution in [0.3, 0.4) is 0 Å². The van der Waals surface area contributed by atoms with Gasteiger partial charge in [-0.15, -0.1) is 0 Å². The smallest absolute Gasteiger partial charge is 0.223 e. The van der Waals surface area contributed by atoms with Crippen LogP contribution in [0.4, 0.5) is 0 Å². The van der Waals surface area contributed by atoms with Crippen LogP contribution >= 0.6 is 0 Å². The van der Waals surface area contributed by atoms with Crippen molar-refractivity contribution in [3.05, 3.63) is 35.4 Å². The van der Waals surface area contributed by atoms with Crippen LogP contribution in [-0.4, -0.2) is 37.0 Å². The maximum Gasteiger partial charge on any atom is 0.223 e. The first-order valence-corrected chi connectivity index (χ1v) is 9.27. The van der Waals surface area contributed by atoms with Gasteiger partial charge in [0, 0.05) is 25.0 Å². The predicted molar refractivity (Wildman–Crippen MR) is 97.5 cm³/mol. The van der Waals surface area contributed by atoms with Crippen LogP contribution in [0, 0.1) is 11.3 Å². The van der Waals surface area contributed by atoms with Crippen LogP contribution in [0.25, 0.3) is 0 Å². The molecule has 0 bridgehead atoms. The monoisotopic (exact) mass is 329 g/mol. The fourth-order valence-corrected chi connectivity index (χ4v) is 3.84. The fraction of sp³-hybridized carbons (Fsp3) is 0.650. The Hall–Kier alpha value is -1.39. The van der Waals surface area contributed by atoms with E-state index in [0.717, 1.165) is 38.9 Å². The van der Waals surface area contributed by atoms with Gasteiger partial charge in [-0.2, -0.15) is 0 Å². The molecule has 2 aliphatic rings. The summed E-state index contributed by atoms with van der Waals surface area (Å²) >= 11 is 0. The van der Waals surface area contributed by atoms with Crippen LogP contribution in [0.15, 0.2) is 24.3 Å². The van der Waals surface area contributed by atoms with Gasteiger partial charge in [0.25, 0.3) is 0 Å². The largest absolute Gasteiger partial charge is 0.352 e. The summed E-state index contributed by atoms with van der Waals surface area (Å²) in [7, 11) is 2.14. The van der Waals surface area contributed by atoms with E-state index in [4.69, 9.17) is 0 Å². The zero-order valence-corrected chi connectivity index (χ0v) is 15.3. The van der Waals surface area contributed by atoms with Crippen molar-refractivity contribution in [2.45, 2.75) is 52.2 Å². The first kappa shape index (κ1) is 17.4. The van der Waals surface area contributed by atoms with Gasteiger partial charge in [0.2, 0.25) is 5.91 Å². The minimum absolute atomic E-state index is 0.241. The Bertz CT molecular complexity index is 578. The van der Waals surface area contributed by atoms with Crippen molar-refractivity contribution in [1.29, 1.82) is 0 Å². The molecule has 1 unspecified atom stereocenters. The standard InChI is InChI=1S/C20H31N3O/c1-15(2)23(3)14-17-7-5-4-6-16(17)13-22-19(24)18-12-20(18)8-10-21-11-9-20/h4-7,15,18,21H,8-14H2,1-3H3,(H,22,24). The molecule has 1 aliphatic carbocycles. The Morgan fingerprint density at radius 1 is 1.29 bits per heavy atom. The van der Waals surface area contributed by atoms with E-state index in [1.54, 1.807) is 0 Å². The molecule has 4 heteroatoms. The van der Waals surface area contributed by atoms with E-state index < -0.39 is 0 Å². The third kappa shape index (κ3) is 3.81. The van der Waals surface area contributed by atoms with Crippen molar-refractivity contribution in [2.75, 3.05) is 20.1 Å². The third-order valence-electron chi connectivity index (χ3n) is 5.98. The molecule has 1 amide bonds. The number of hydrogen-bond acceptors (Lipinski definition) is 3. The SMILES string of the molecule is CC(C)N(C)Cc1ccccc1CNC(=O)C1CC12CCNCC2. The van der Waals surface area contributed by atoms with Crippen LogP contribution in [-0.2, 0) is 17.9 Å². The van der Waals surface area contributed by atoms with Gasteiger partial charge in [-0.3, -0.25) is 9.69 Å². The molecule has 4 nitrogen and oxygen atoms in total. The highest BCUT2D eigenvalue weighted by molar-refractivity contribution is 5.82. The van der Waals surface area contributed by atoms with Crippen molar-refractivity contribution in [3.63, 3.8) is 0 Å². The summed E-state index contributed by atoms with van der Waals surface area (Å²) in [6, 6.07) is 8.97. The van der Waals surface area contributed by atoms with Crippen LogP contribution in [0.1, 0.15) is 44.2 Å². The Labute approximate surface area is 146 Å². The Kier molecular flexibility index (Phi) is 5.26. The third-order valence-corrected chi connectivity index (χ3v) is 5.98. The lowest BCUT2D eigenvalue weighted by Crippen LogP contribution is -2.33. The van der Waals surface area contributed by atoms with E-state index in [1.165, 1.54) is 11.1 Å². The number of nitrogens with zero attached hydrogens (tertiary/aromatic N) is 1. The molecule has 1 saturated heterocycles. The summed E-state index contributed by atoms with van der Waals surface area (Å²) < 4.78 is 0. The van der Waals surface area contributed by atoms with Gasteiger partial charge in [-0.05, 0) is 69.8 Å². The number of carbonyl (C=O) groups is 1. The van der Waals surface area contributed by atoms with E-state index in [2.05, 4.69) is 60.7 Å². The lowest BCUT2D eigenvalue weighted by Gasteiger charge is -2.24. The maximum atomic E-state index is 12.6. The van der Waals surface area contributed by atoms with Gasteiger partial charge in [-0.25, -0.2) is 0 Å². The van der Waals surface area contributed by atoms with Crippen molar-refractivity contribution < 1.29 is 4.79 Å². The number of benzene rings is 1. The zero-order chi connectivity index (χ0) is 17.2. The molecule has 2 N–H and O–H groups in total. The first-order valence-electron chi connectivity index (χ1n) is 9.27. The highest BCUT2D eigenvalue weighted by Gasteiger charge is 2.57. The highest BCUT2D eigenvalue weighted by Crippen LogP contribution is 2.58. The molecule has 1 atom stereocenters. The number of rotatable bonds is 6. The number of nitrogens with one attached hydrogen (secondary N) is 2. The molecule has 24 heavy (non-hydrogen) atoms. The number of carbonyl (C=O) groups excluding carboxylic acids is 1. The van der Waals surface area contributed by atoms with E-state index in [-0.39, 0.29) is 11.8 Å². The lowest BCUT2D eigenvalue weighted by molar-refractivity contribution is -0.123. The number of piperidine rings is 1. The molecule has 1 saturated carbocycles. The van der Waals surface area contributed by atoms with Crippen molar-refractivity contribution >= 4 is 5.91 Å². The van der Waals surface area contributed by atoms with Gasteiger partial charge >= 0.3 is 0 Å². The Morgan fingerprint density at radius 3 is 2.62 bits per heavy atom. The molecule has 1 spiro atoms. The molecule has 1 heterocycles. The van der Waals surface area contributed by atoms with Crippen molar-refractivity contribution in [1.82, 2.24) is 15.5 Å². The van der Waals surface area contributed by atoms with Gasteiger partial charge in [0.1, 0.15) is 0 Å². The minimum atomic E-state index is 0.241. The van der Waals surface area contributed by atoms with Crippen LogP contribution in [0.5, 0.6) is 0 Å². The van der Waals surface area contributed by atoms with Gasteiger partial charge in [0.05, 0.1) is 0 Å². The molecule has 1 aromatic carbocycles.